The maximum absolute atomic E-state index is 13.5. The lowest BCUT2D eigenvalue weighted by Gasteiger charge is -2.35. The van der Waals surface area contributed by atoms with E-state index in [0.29, 0.717) is 19.2 Å². The standard InChI is InChI=1S/C23H27F2N5O2/c1-15(2)32-13-22-12-29(4-5-31-22)20-7-16(3)6-19(11-20)27-23-26-14-30(28-23)21-9-17(24)8-18(25)10-21/h6-11,14-15,22H,4-5,12-13H2,1-3H3,(H,27,28). The topological polar surface area (TPSA) is 64.4 Å². The minimum Gasteiger partial charge on any atom is -0.376 e. The van der Waals surface area contributed by atoms with Crippen molar-refractivity contribution in [3.8, 4) is 5.69 Å². The molecule has 1 aromatic heterocycles. The Labute approximate surface area is 186 Å². The molecule has 1 fully saturated rings. The molecule has 0 bridgehead atoms. The van der Waals surface area contributed by atoms with Crippen LogP contribution in [0, 0.1) is 18.6 Å². The van der Waals surface area contributed by atoms with E-state index in [4.69, 9.17) is 9.47 Å². The van der Waals surface area contributed by atoms with Crippen LogP contribution in [0.25, 0.3) is 5.69 Å². The first-order valence-electron chi connectivity index (χ1n) is 10.6. The number of nitrogens with one attached hydrogen (secondary N) is 1. The normalized spacial score (nSPS) is 16.6. The van der Waals surface area contributed by atoms with Crippen LogP contribution in [0.15, 0.2) is 42.7 Å². The highest BCUT2D eigenvalue weighted by molar-refractivity contribution is 5.64. The number of nitrogens with zero attached hydrogens (tertiary/aromatic N) is 4. The Morgan fingerprint density at radius 2 is 1.91 bits per heavy atom. The van der Waals surface area contributed by atoms with Crippen molar-refractivity contribution in [1.82, 2.24) is 14.8 Å². The monoisotopic (exact) mass is 443 g/mol. The minimum absolute atomic E-state index is 0.0205. The summed E-state index contributed by atoms with van der Waals surface area (Å²) >= 11 is 0. The molecule has 32 heavy (non-hydrogen) atoms. The van der Waals surface area contributed by atoms with Gasteiger partial charge in [0.05, 0.1) is 31.1 Å². The van der Waals surface area contributed by atoms with Gasteiger partial charge in [-0.3, -0.25) is 0 Å². The van der Waals surface area contributed by atoms with E-state index in [1.54, 1.807) is 0 Å². The molecule has 3 aromatic rings. The molecule has 170 valence electrons. The van der Waals surface area contributed by atoms with Gasteiger partial charge in [-0.05, 0) is 56.7 Å². The fourth-order valence-electron chi connectivity index (χ4n) is 3.62. The number of halogens is 2. The fraction of sp³-hybridized carbons (Fsp3) is 0.391. The van der Waals surface area contributed by atoms with E-state index in [1.807, 2.05) is 32.9 Å². The van der Waals surface area contributed by atoms with Gasteiger partial charge in [0, 0.05) is 30.5 Å². The van der Waals surface area contributed by atoms with Crippen LogP contribution >= 0.6 is 0 Å². The molecule has 4 rings (SSSR count). The molecule has 0 aliphatic carbocycles. The van der Waals surface area contributed by atoms with Crippen LogP contribution in [-0.2, 0) is 9.47 Å². The van der Waals surface area contributed by atoms with E-state index in [1.165, 1.54) is 23.1 Å². The molecule has 7 nitrogen and oxygen atoms in total. The summed E-state index contributed by atoms with van der Waals surface area (Å²) in [4.78, 5) is 6.49. The number of aromatic nitrogens is 3. The predicted octanol–water partition coefficient (Wildman–Crippen LogP) is 4.23. The van der Waals surface area contributed by atoms with Crippen LogP contribution in [0.2, 0.25) is 0 Å². The Morgan fingerprint density at radius 3 is 2.66 bits per heavy atom. The first kappa shape index (κ1) is 22.2. The third-order valence-electron chi connectivity index (χ3n) is 5.04. The molecule has 1 saturated heterocycles. The SMILES string of the molecule is Cc1cc(Nc2ncn(-c3cc(F)cc(F)c3)n2)cc(N2CCOC(COC(C)C)C2)c1. The van der Waals surface area contributed by atoms with E-state index in [2.05, 4.69) is 26.4 Å². The molecule has 1 N–H and O–H groups in total. The minimum atomic E-state index is -0.670. The van der Waals surface area contributed by atoms with Crippen LogP contribution in [0.3, 0.4) is 0 Å². The summed E-state index contributed by atoms with van der Waals surface area (Å²) in [6, 6.07) is 9.36. The van der Waals surface area contributed by atoms with Crippen LogP contribution in [0.5, 0.6) is 0 Å². The van der Waals surface area contributed by atoms with E-state index in [9.17, 15) is 8.78 Å². The molecule has 1 aliphatic rings. The Morgan fingerprint density at radius 1 is 1.12 bits per heavy atom. The number of hydrogen-bond acceptors (Lipinski definition) is 6. The largest absolute Gasteiger partial charge is 0.376 e. The summed E-state index contributed by atoms with van der Waals surface area (Å²) in [6.45, 7) is 8.79. The maximum atomic E-state index is 13.5. The number of ether oxygens (including phenoxy) is 2. The summed E-state index contributed by atoms with van der Waals surface area (Å²) < 4.78 is 39.9. The molecule has 2 aromatic carbocycles. The second-order valence-electron chi connectivity index (χ2n) is 8.14. The third kappa shape index (κ3) is 5.60. The molecule has 1 unspecified atom stereocenters. The number of aryl methyl sites for hydroxylation is 1. The van der Waals surface area contributed by atoms with Crippen molar-refractivity contribution in [3.05, 3.63) is 59.9 Å². The van der Waals surface area contributed by atoms with Gasteiger partial charge in [-0.15, -0.1) is 5.10 Å². The molecule has 0 amide bonds. The van der Waals surface area contributed by atoms with Crippen molar-refractivity contribution >= 4 is 17.3 Å². The zero-order valence-electron chi connectivity index (χ0n) is 18.4. The average molecular weight is 443 g/mol. The first-order chi connectivity index (χ1) is 15.4. The second kappa shape index (κ2) is 9.62. The van der Waals surface area contributed by atoms with Crippen molar-refractivity contribution in [2.75, 3.05) is 36.5 Å². The van der Waals surface area contributed by atoms with Crippen LogP contribution in [-0.4, -0.2) is 53.3 Å². The second-order valence-corrected chi connectivity index (χ2v) is 8.14. The molecule has 9 heteroatoms. The van der Waals surface area contributed by atoms with Crippen LogP contribution in [0.1, 0.15) is 19.4 Å². The number of rotatable bonds is 7. The van der Waals surface area contributed by atoms with Gasteiger partial charge in [0.15, 0.2) is 0 Å². The summed E-state index contributed by atoms with van der Waals surface area (Å²) in [5.41, 5.74) is 3.23. The zero-order chi connectivity index (χ0) is 22.7. The van der Waals surface area contributed by atoms with E-state index < -0.39 is 11.6 Å². The lowest BCUT2D eigenvalue weighted by molar-refractivity contribution is -0.0405. The number of hydrogen-bond donors (Lipinski definition) is 1. The number of morpholine rings is 1. The van der Waals surface area contributed by atoms with E-state index in [0.717, 1.165) is 36.1 Å². The van der Waals surface area contributed by atoms with Gasteiger partial charge in [-0.2, -0.15) is 4.98 Å². The maximum Gasteiger partial charge on any atom is 0.246 e. The molecule has 1 aliphatic heterocycles. The summed E-state index contributed by atoms with van der Waals surface area (Å²) in [5, 5.41) is 7.48. The molecule has 0 radical (unpaired) electrons. The zero-order valence-corrected chi connectivity index (χ0v) is 18.4. The Kier molecular flexibility index (Phi) is 6.66. The Hall–Kier alpha value is -3.04. The average Bonchev–Trinajstić information content (AvgIpc) is 3.20. The Bertz CT molecular complexity index is 1050. The highest BCUT2D eigenvalue weighted by atomic mass is 19.1. The number of benzene rings is 2. The molecule has 1 atom stereocenters. The van der Waals surface area contributed by atoms with Crippen LogP contribution in [0.4, 0.5) is 26.1 Å². The van der Waals surface area contributed by atoms with Crippen molar-refractivity contribution < 1.29 is 18.3 Å². The lowest BCUT2D eigenvalue weighted by atomic mass is 10.1. The molecule has 2 heterocycles. The van der Waals surface area contributed by atoms with Crippen molar-refractivity contribution in [1.29, 1.82) is 0 Å². The highest BCUT2D eigenvalue weighted by Gasteiger charge is 2.22. The smallest absolute Gasteiger partial charge is 0.246 e. The van der Waals surface area contributed by atoms with Gasteiger partial charge in [0.1, 0.15) is 18.0 Å². The predicted molar refractivity (Wildman–Crippen MR) is 119 cm³/mol. The summed E-state index contributed by atoms with van der Waals surface area (Å²) in [7, 11) is 0. The number of anilines is 3. The fourth-order valence-corrected chi connectivity index (χ4v) is 3.62. The Balaban J connectivity index is 1.48. The molecule has 0 spiro atoms. The van der Waals surface area contributed by atoms with E-state index in [-0.39, 0.29) is 17.9 Å². The van der Waals surface area contributed by atoms with E-state index >= 15 is 0 Å². The van der Waals surface area contributed by atoms with Gasteiger partial charge >= 0.3 is 0 Å². The van der Waals surface area contributed by atoms with Gasteiger partial charge < -0.3 is 19.7 Å². The summed E-state index contributed by atoms with van der Waals surface area (Å²) in [6.07, 6.45) is 1.60. The summed E-state index contributed by atoms with van der Waals surface area (Å²) in [5.74, 6) is -1.01. The van der Waals surface area contributed by atoms with Crippen molar-refractivity contribution in [3.63, 3.8) is 0 Å². The third-order valence-corrected chi connectivity index (χ3v) is 5.04. The molecular formula is C23H27F2N5O2. The highest BCUT2D eigenvalue weighted by Crippen LogP contribution is 2.26. The quantitative estimate of drug-likeness (QED) is 0.590. The first-order valence-corrected chi connectivity index (χ1v) is 10.6. The van der Waals surface area contributed by atoms with Crippen LogP contribution < -0.4 is 10.2 Å². The lowest BCUT2D eigenvalue weighted by Crippen LogP contribution is -2.44. The molecular weight excluding hydrogens is 416 g/mol. The van der Waals surface area contributed by atoms with Gasteiger partial charge in [-0.1, -0.05) is 0 Å². The molecule has 0 saturated carbocycles. The van der Waals surface area contributed by atoms with Gasteiger partial charge in [-0.25, -0.2) is 13.5 Å². The van der Waals surface area contributed by atoms with Gasteiger partial charge in [0.2, 0.25) is 5.95 Å². The van der Waals surface area contributed by atoms with Crippen molar-refractivity contribution in [2.24, 2.45) is 0 Å². The van der Waals surface area contributed by atoms with Gasteiger partial charge in [0.25, 0.3) is 0 Å². The van der Waals surface area contributed by atoms with Crippen molar-refractivity contribution in [2.45, 2.75) is 33.0 Å².